The number of nitrogens with one attached hydrogen (secondary N) is 2. The molecule has 0 aromatic heterocycles. The summed E-state index contributed by atoms with van der Waals surface area (Å²) in [6.07, 6.45) is 2.22. The third kappa shape index (κ3) is 7.05. The molecule has 210 valence electrons. The lowest BCUT2D eigenvalue weighted by atomic mass is 9.91. The number of para-hydroxylation sites is 1. The van der Waals surface area contributed by atoms with Crippen LogP contribution in [-0.4, -0.2) is 90.6 Å². The van der Waals surface area contributed by atoms with Crippen molar-refractivity contribution in [3.05, 3.63) is 29.8 Å². The Hall–Kier alpha value is -2.65. The van der Waals surface area contributed by atoms with Crippen molar-refractivity contribution in [1.82, 2.24) is 20.4 Å². The van der Waals surface area contributed by atoms with Gasteiger partial charge < -0.3 is 25.0 Å². The van der Waals surface area contributed by atoms with Gasteiger partial charge in [-0.05, 0) is 44.2 Å². The van der Waals surface area contributed by atoms with E-state index in [9.17, 15) is 14.4 Å². The van der Waals surface area contributed by atoms with Crippen molar-refractivity contribution in [2.45, 2.75) is 90.6 Å². The van der Waals surface area contributed by atoms with E-state index in [-0.39, 0.29) is 54.0 Å². The number of ether oxygens (including phenoxy) is 2. The maximum Gasteiger partial charge on any atom is 0.258 e. The summed E-state index contributed by atoms with van der Waals surface area (Å²) in [5, 5.41) is 6.24. The number of hydrogen-bond acceptors (Lipinski definition) is 6. The van der Waals surface area contributed by atoms with Gasteiger partial charge in [0.1, 0.15) is 11.8 Å². The standard InChI is InChI=1S/C29H44N4O5/c1-19(2)32-13-14-33-23(18-32)27(35)30-17-25-22(31-26(34)16-29(3,4)5)11-10-20(38-25)12-15-37-24-9-7-6-8-21(24)28(33)36/h6-9,19-20,22-23,25H,10-18H2,1-5H3,(H,30,35)(H,31,34)/t20-,22+,23-,25+/m0/s1. The zero-order chi connectivity index (χ0) is 27.4. The van der Waals surface area contributed by atoms with Gasteiger partial charge in [-0.25, -0.2) is 0 Å². The molecule has 2 fully saturated rings. The van der Waals surface area contributed by atoms with E-state index in [1.807, 2.05) is 39.0 Å². The molecule has 3 aliphatic heterocycles. The minimum absolute atomic E-state index is 0.00755. The van der Waals surface area contributed by atoms with Gasteiger partial charge in [-0.3, -0.25) is 19.3 Å². The molecule has 0 unspecified atom stereocenters. The highest BCUT2D eigenvalue weighted by atomic mass is 16.5. The second-order valence-electron chi connectivity index (χ2n) is 12.3. The van der Waals surface area contributed by atoms with Gasteiger partial charge in [0.15, 0.2) is 0 Å². The number of carbonyl (C=O) groups excluding carboxylic acids is 3. The molecule has 1 aromatic carbocycles. The highest BCUT2D eigenvalue weighted by Gasteiger charge is 2.39. The van der Waals surface area contributed by atoms with Crippen LogP contribution in [-0.2, 0) is 14.3 Å². The molecule has 1 aromatic rings. The Morgan fingerprint density at radius 1 is 1.13 bits per heavy atom. The SMILES string of the molecule is CC(C)N1CCN2C(=O)c3ccccc3OCC[C@@H]3CC[C@@H](NC(=O)CC(C)(C)C)[C@@H](CNC(=O)[C@@H]2C1)O3. The van der Waals surface area contributed by atoms with E-state index in [2.05, 4.69) is 29.4 Å². The van der Waals surface area contributed by atoms with Gasteiger partial charge in [0.2, 0.25) is 11.8 Å². The number of fused-ring (bicyclic) bond motifs is 4. The predicted octanol–water partition coefficient (Wildman–Crippen LogP) is 2.59. The molecule has 0 aliphatic carbocycles. The summed E-state index contributed by atoms with van der Waals surface area (Å²) in [5.41, 5.74) is 0.358. The Morgan fingerprint density at radius 3 is 2.63 bits per heavy atom. The third-order valence-corrected chi connectivity index (χ3v) is 7.65. The van der Waals surface area contributed by atoms with Crippen LogP contribution in [0.4, 0.5) is 0 Å². The fourth-order valence-electron chi connectivity index (χ4n) is 5.55. The molecule has 0 spiro atoms. The highest BCUT2D eigenvalue weighted by molar-refractivity contribution is 6.00. The van der Waals surface area contributed by atoms with Crippen molar-refractivity contribution in [2.75, 3.05) is 32.8 Å². The Balaban J connectivity index is 1.58. The van der Waals surface area contributed by atoms with E-state index in [4.69, 9.17) is 9.47 Å². The van der Waals surface area contributed by atoms with E-state index < -0.39 is 6.04 Å². The maximum absolute atomic E-state index is 13.7. The summed E-state index contributed by atoms with van der Waals surface area (Å²) in [7, 11) is 0. The smallest absolute Gasteiger partial charge is 0.258 e. The summed E-state index contributed by atoms with van der Waals surface area (Å²) in [4.78, 5) is 44.0. The van der Waals surface area contributed by atoms with Crippen LogP contribution in [0.5, 0.6) is 5.75 Å². The molecule has 9 heteroatoms. The molecule has 4 atom stereocenters. The van der Waals surface area contributed by atoms with Crippen molar-refractivity contribution >= 4 is 17.7 Å². The summed E-state index contributed by atoms with van der Waals surface area (Å²) in [6.45, 7) is 12.6. The minimum atomic E-state index is -0.636. The second kappa shape index (κ2) is 12.0. The van der Waals surface area contributed by atoms with E-state index in [0.29, 0.717) is 50.4 Å². The molecule has 2 bridgehead atoms. The summed E-state index contributed by atoms with van der Waals surface area (Å²) in [6, 6.07) is 6.69. The largest absolute Gasteiger partial charge is 0.493 e. The number of benzene rings is 1. The highest BCUT2D eigenvalue weighted by Crippen LogP contribution is 2.27. The van der Waals surface area contributed by atoms with Crippen molar-refractivity contribution in [2.24, 2.45) is 5.41 Å². The minimum Gasteiger partial charge on any atom is -0.493 e. The first-order valence-corrected chi connectivity index (χ1v) is 14.0. The third-order valence-electron chi connectivity index (χ3n) is 7.65. The van der Waals surface area contributed by atoms with Gasteiger partial charge in [-0.1, -0.05) is 32.9 Å². The Labute approximate surface area is 226 Å². The number of amides is 3. The molecule has 3 amide bonds. The Bertz CT molecular complexity index is 1010. The van der Waals surface area contributed by atoms with Gasteiger partial charge in [0, 0.05) is 45.1 Å². The van der Waals surface area contributed by atoms with Crippen molar-refractivity contribution in [1.29, 1.82) is 0 Å². The summed E-state index contributed by atoms with van der Waals surface area (Å²) < 4.78 is 12.5. The molecule has 0 radical (unpaired) electrons. The number of nitrogens with zero attached hydrogens (tertiary/aromatic N) is 2. The van der Waals surface area contributed by atoms with Gasteiger partial charge in [-0.15, -0.1) is 0 Å². The molecular weight excluding hydrogens is 484 g/mol. The van der Waals surface area contributed by atoms with E-state index in [1.165, 1.54) is 0 Å². The Morgan fingerprint density at radius 2 is 1.89 bits per heavy atom. The molecular formula is C29H44N4O5. The topological polar surface area (TPSA) is 100 Å². The molecule has 2 saturated heterocycles. The van der Waals surface area contributed by atoms with Crippen LogP contribution >= 0.6 is 0 Å². The van der Waals surface area contributed by atoms with E-state index >= 15 is 0 Å². The van der Waals surface area contributed by atoms with Crippen LogP contribution in [0, 0.1) is 5.41 Å². The average Bonchev–Trinajstić information content (AvgIpc) is 2.86. The summed E-state index contributed by atoms with van der Waals surface area (Å²) in [5.74, 6) is 0.126. The quantitative estimate of drug-likeness (QED) is 0.626. The van der Waals surface area contributed by atoms with Gasteiger partial charge >= 0.3 is 0 Å². The molecule has 2 N–H and O–H groups in total. The maximum atomic E-state index is 13.7. The normalized spacial score (nSPS) is 27.5. The Kier molecular flexibility index (Phi) is 8.98. The van der Waals surface area contributed by atoms with Crippen molar-refractivity contribution < 1.29 is 23.9 Å². The number of carbonyl (C=O) groups is 3. The van der Waals surface area contributed by atoms with Crippen LogP contribution in [0.3, 0.4) is 0 Å². The molecule has 38 heavy (non-hydrogen) atoms. The lowest BCUT2D eigenvalue weighted by Crippen LogP contribution is -2.63. The van der Waals surface area contributed by atoms with Crippen LogP contribution in [0.1, 0.15) is 70.7 Å². The zero-order valence-corrected chi connectivity index (χ0v) is 23.5. The molecule has 3 aliphatic rings. The van der Waals surface area contributed by atoms with Gasteiger partial charge in [0.05, 0.1) is 30.4 Å². The van der Waals surface area contributed by atoms with Gasteiger partial charge in [-0.2, -0.15) is 0 Å². The van der Waals surface area contributed by atoms with Crippen LogP contribution < -0.4 is 15.4 Å². The number of piperazine rings is 1. The first-order chi connectivity index (χ1) is 18.0. The molecule has 3 heterocycles. The first kappa shape index (κ1) is 28.4. The first-order valence-electron chi connectivity index (χ1n) is 14.0. The van der Waals surface area contributed by atoms with E-state index in [0.717, 1.165) is 12.8 Å². The van der Waals surface area contributed by atoms with Crippen LogP contribution in [0.15, 0.2) is 24.3 Å². The zero-order valence-electron chi connectivity index (χ0n) is 23.5. The van der Waals surface area contributed by atoms with E-state index in [1.54, 1.807) is 11.0 Å². The summed E-state index contributed by atoms with van der Waals surface area (Å²) >= 11 is 0. The lowest BCUT2D eigenvalue weighted by Gasteiger charge is -2.43. The van der Waals surface area contributed by atoms with Crippen LogP contribution in [0.25, 0.3) is 0 Å². The monoisotopic (exact) mass is 528 g/mol. The molecule has 9 nitrogen and oxygen atoms in total. The second-order valence-corrected chi connectivity index (χ2v) is 12.3. The van der Waals surface area contributed by atoms with Crippen molar-refractivity contribution in [3.63, 3.8) is 0 Å². The number of hydrogen-bond donors (Lipinski definition) is 2. The molecule has 0 saturated carbocycles. The van der Waals surface area contributed by atoms with Gasteiger partial charge in [0.25, 0.3) is 5.91 Å². The fraction of sp³-hybridized carbons (Fsp3) is 0.690. The number of rotatable bonds is 3. The average molecular weight is 529 g/mol. The van der Waals surface area contributed by atoms with Crippen LogP contribution in [0.2, 0.25) is 0 Å². The molecule has 4 rings (SSSR count). The fourth-order valence-corrected chi connectivity index (χ4v) is 5.55. The lowest BCUT2D eigenvalue weighted by molar-refractivity contribution is -0.131. The van der Waals surface area contributed by atoms with Crippen molar-refractivity contribution in [3.8, 4) is 5.75 Å². The predicted molar refractivity (Wildman–Crippen MR) is 145 cm³/mol.